The second-order valence-electron chi connectivity index (χ2n) is 8.14. The van der Waals surface area contributed by atoms with Gasteiger partial charge in [-0.25, -0.2) is 0 Å². The highest BCUT2D eigenvalue weighted by atomic mass is 16.5. The molecular weight excluding hydrogens is 406 g/mol. The van der Waals surface area contributed by atoms with E-state index in [1.807, 2.05) is 42.5 Å². The summed E-state index contributed by atoms with van der Waals surface area (Å²) in [7, 11) is 1.62. The molecule has 1 unspecified atom stereocenters. The summed E-state index contributed by atoms with van der Waals surface area (Å²) in [6.45, 7) is 2.96. The largest absolute Gasteiger partial charge is 0.466 e. The summed E-state index contributed by atoms with van der Waals surface area (Å²) in [5, 5.41) is 2.88. The maximum Gasteiger partial charge on any atom is 0.310 e. The summed E-state index contributed by atoms with van der Waals surface area (Å²) in [6, 6.07) is 13.5. The van der Waals surface area contributed by atoms with Crippen molar-refractivity contribution >= 4 is 39.5 Å². The van der Waals surface area contributed by atoms with Crippen molar-refractivity contribution in [3.8, 4) is 0 Å². The minimum atomic E-state index is -0.303. The zero-order chi connectivity index (χ0) is 22.7. The molecule has 1 aliphatic heterocycles. The number of aromatic nitrogens is 1. The molecule has 1 aliphatic rings. The van der Waals surface area contributed by atoms with Crippen LogP contribution in [-0.2, 0) is 14.3 Å². The lowest BCUT2D eigenvalue weighted by atomic mass is 9.98. The fraction of sp³-hybridized carbons (Fsp3) is 0.360. The van der Waals surface area contributed by atoms with Crippen LogP contribution < -0.4 is 0 Å². The number of likely N-dealkylation sites (tertiary alicyclic amines) is 1. The Bertz CT molecular complexity index is 1180. The van der Waals surface area contributed by atoms with Crippen LogP contribution in [0.4, 0.5) is 0 Å². The zero-order valence-electron chi connectivity index (χ0n) is 18.4. The standard InChI is InChI=1S/C25H27N3O4/c1-3-32-25(31)18-9-7-13-28(15-18)22(29)16-27(2)24(30)21-14-17-8-4-5-10-19(17)20-11-6-12-26-23(20)21/h4-6,8,10-12,14,18H,3,7,9,13,15-16H2,1-2H3. The number of hydrogen-bond acceptors (Lipinski definition) is 5. The number of amides is 2. The number of esters is 1. The van der Waals surface area contributed by atoms with Crippen molar-refractivity contribution in [2.45, 2.75) is 19.8 Å². The first kappa shape index (κ1) is 21.7. The Morgan fingerprint density at radius 2 is 1.94 bits per heavy atom. The van der Waals surface area contributed by atoms with E-state index in [-0.39, 0.29) is 30.2 Å². The highest BCUT2D eigenvalue weighted by molar-refractivity contribution is 6.16. The molecule has 166 valence electrons. The molecule has 2 aromatic carbocycles. The minimum absolute atomic E-state index is 0.0600. The van der Waals surface area contributed by atoms with Gasteiger partial charge in [-0.05, 0) is 42.7 Å². The van der Waals surface area contributed by atoms with Gasteiger partial charge in [0.05, 0.1) is 30.1 Å². The van der Waals surface area contributed by atoms with Gasteiger partial charge >= 0.3 is 5.97 Å². The SMILES string of the molecule is CCOC(=O)C1CCCN(C(=O)CN(C)C(=O)c2cc3ccccc3c3cccnc23)C1. The molecule has 7 nitrogen and oxygen atoms in total. The Kier molecular flexibility index (Phi) is 6.35. The lowest BCUT2D eigenvalue weighted by Crippen LogP contribution is -2.47. The van der Waals surface area contributed by atoms with Gasteiger partial charge in [0, 0.05) is 31.7 Å². The van der Waals surface area contributed by atoms with Crippen LogP contribution in [0.25, 0.3) is 21.7 Å². The number of ether oxygens (including phenoxy) is 1. The number of likely N-dealkylation sites (N-methyl/N-ethyl adjacent to an activating group) is 1. The summed E-state index contributed by atoms with van der Waals surface area (Å²) < 4.78 is 5.11. The first-order valence-corrected chi connectivity index (χ1v) is 11.0. The number of benzene rings is 2. The van der Waals surface area contributed by atoms with Crippen molar-refractivity contribution in [1.29, 1.82) is 0 Å². The van der Waals surface area contributed by atoms with Crippen LogP contribution in [0.15, 0.2) is 48.7 Å². The normalized spacial score (nSPS) is 16.2. The van der Waals surface area contributed by atoms with Crippen LogP contribution in [0.3, 0.4) is 0 Å². The first-order valence-electron chi connectivity index (χ1n) is 11.0. The molecular formula is C25H27N3O4. The van der Waals surface area contributed by atoms with E-state index in [1.165, 1.54) is 4.90 Å². The highest BCUT2D eigenvalue weighted by Crippen LogP contribution is 2.28. The van der Waals surface area contributed by atoms with Gasteiger partial charge in [-0.2, -0.15) is 0 Å². The minimum Gasteiger partial charge on any atom is -0.466 e. The molecule has 32 heavy (non-hydrogen) atoms. The molecule has 0 spiro atoms. The topological polar surface area (TPSA) is 79.8 Å². The van der Waals surface area contributed by atoms with Crippen LogP contribution in [-0.4, -0.2) is 65.9 Å². The van der Waals surface area contributed by atoms with Gasteiger partial charge in [0.1, 0.15) is 0 Å². The predicted octanol–water partition coefficient (Wildman–Crippen LogP) is 3.26. The van der Waals surface area contributed by atoms with Gasteiger partial charge in [-0.3, -0.25) is 19.4 Å². The van der Waals surface area contributed by atoms with Crippen LogP contribution >= 0.6 is 0 Å². The van der Waals surface area contributed by atoms with E-state index in [9.17, 15) is 14.4 Å². The van der Waals surface area contributed by atoms with Crippen molar-refractivity contribution in [3.05, 3.63) is 54.2 Å². The lowest BCUT2D eigenvalue weighted by molar-refractivity contribution is -0.151. The van der Waals surface area contributed by atoms with Crippen molar-refractivity contribution < 1.29 is 19.1 Å². The Balaban J connectivity index is 1.53. The third-order valence-electron chi connectivity index (χ3n) is 5.96. The number of carbonyl (C=O) groups is 3. The lowest BCUT2D eigenvalue weighted by Gasteiger charge is -2.32. The Hall–Kier alpha value is -3.48. The maximum absolute atomic E-state index is 13.3. The fourth-order valence-electron chi connectivity index (χ4n) is 4.33. The van der Waals surface area contributed by atoms with Crippen LogP contribution in [0.2, 0.25) is 0 Å². The number of carbonyl (C=O) groups excluding carboxylic acids is 3. The number of nitrogens with zero attached hydrogens (tertiary/aromatic N) is 3. The number of fused-ring (bicyclic) bond motifs is 3. The smallest absolute Gasteiger partial charge is 0.310 e. The van der Waals surface area contributed by atoms with E-state index in [0.29, 0.717) is 37.2 Å². The maximum atomic E-state index is 13.3. The molecule has 1 atom stereocenters. The van der Waals surface area contributed by atoms with E-state index >= 15 is 0 Å². The number of pyridine rings is 1. The Morgan fingerprint density at radius 3 is 2.75 bits per heavy atom. The molecule has 1 fully saturated rings. The Morgan fingerprint density at radius 1 is 1.16 bits per heavy atom. The van der Waals surface area contributed by atoms with Gasteiger partial charge in [0.2, 0.25) is 5.91 Å². The van der Waals surface area contributed by atoms with Crippen molar-refractivity contribution in [3.63, 3.8) is 0 Å². The van der Waals surface area contributed by atoms with E-state index in [0.717, 1.165) is 22.6 Å². The summed E-state index contributed by atoms with van der Waals surface area (Å²) in [6.07, 6.45) is 3.13. The molecule has 2 heterocycles. The molecule has 0 bridgehead atoms. The summed E-state index contributed by atoms with van der Waals surface area (Å²) in [5.41, 5.74) is 1.09. The highest BCUT2D eigenvalue weighted by Gasteiger charge is 2.30. The Labute approximate surface area is 187 Å². The molecule has 7 heteroatoms. The molecule has 0 radical (unpaired) electrons. The second kappa shape index (κ2) is 9.34. The number of rotatable bonds is 5. The van der Waals surface area contributed by atoms with Crippen molar-refractivity contribution in [1.82, 2.24) is 14.8 Å². The molecule has 2 amide bonds. The molecule has 1 aromatic heterocycles. The summed E-state index contributed by atoms with van der Waals surface area (Å²) >= 11 is 0. The third kappa shape index (κ3) is 4.28. The average Bonchev–Trinajstić information content (AvgIpc) is 2.83. The zero-order valence-corrected chi connectivity index (χ0v) is 18.4. The van der Waals surface area contributed by atoms with Crippen molar-refractivity contribution in [2.75, 3.05) is 33.3 Å². The second-order valence-corrected chi connectivity index (χ2v) is 8.14. The summed E-state index contributed by atoms with van der Waals surface area (Å²) in [5.74, 6) is -0.995. The van der Waals surface area contributed by atoms with E-state index in [1.54, 1.807) is 25.1 Å². The monoisotopic (exact) mass is 433 g/mol. The molecule has 3 aromatic rings. The predicted molar refractivity (Wildman–Crippen MR) is 122 cm³/mol. The van der Waals surface area contributed by atoms with Gasteiger partial charge in [-0.1, -0.05) is 30.3 Å². The van der Waals surface area contributed by atoms with Gasteiger partial charge in [0.15, 0.2) is 0 Å². The van der Waals surface area contributed by atoms with Crippen LogP contribution in [0.5, 0.6) is 0 Å². The fourth-order valence-corrected chi connectivity index (χ4v) is 4.33. The molecule has 0 N–H and O–H groups in total. The van der Waals surface area contributed by atoms with Crippen LogP contribution in [0.1, 0.15) is 30.1 Å². The van der Waals surface area contributed by atoms with Gasteiger partial charge in [-0.15, -0.1) is 0 Å². The summed E-state index contributed by atoms with van der Waals surface area (Å²) in [4.78, 5) is 45.9. The van der Waals surface area contributed by atoms with E-state index in [2.05, 4.69) is 4.98 Å². The van der Waals surface area contributed by atoms with Crippen molar-refractivity contribution in [2.24, 2.45) is 5.92 Å². The quantitative estimate of drug-likeness (QED) is 0.456. The van der Waals surface area contributed by atoms with E-state index in [4.69, 9.17) is 4.74 Å². The number of piperidine rings is 1. The van der Waals surface area contributed by atoms with Gasteiger partial charge < -0.3 is 14.5 Å². The first-order chi connectivity index (χ1) is 15.5. The van der Waals surface area contributed by atoms with E-state index < -0.39 is 0 Å². The number of hydrogen-bond donors (Lipinski definition) is 0. The molecule has 0 saturated carbocycles. The molecule has 4 rings (SSSR count). The average molecular weight is 434 g/mol. The van der Waals surface area contributed by atoms with Gasteiger partial charge in [0.25, 0.3) is 5.91 Å². The third-order valence-corrected chi connectivity index (χ3v) is 5.96. The van der Waals surface area contributed by atoms with Crippen LogP contribution in [0, 0.1) is 5.92 Å². The molecule has 1 saturated heterocycles. The molecule has 0 aliphatic carbocycles.